The average Bonchev–Trinajstić information content (AvgIpc) is 3.23. The van der Waals surface area contributed by atoms with Crippen molar-refractivity contribution in [1.82, 2.24) is 19.2 Å². The lowest BCUT2D eigenvalue weighted by Crippen LogP contribution is -2.43. The Labute approximate surface area is 130 Å². The minimum absolute atomic E-state index is 0.0717. The van der Waals surface area contributed by atoms with Gasteiger partial charge >= 0.3 is 0 Å². The van der Waals surface area contributed by atoms with Crippen LogP contribution in [0.15, 0.2) is 11.2 Å². The number of hydrogen-bond acceptors (Lipinski definition) is 4. The Bertz CT molecular complexity index is 651. The first-order chi connectivity index (χ1) is 10.4. The van der Waals surface area contributed by atoms with Crippen molar-refractivity contribution in [2.24, 2.45) is 13.0 Å². The lowest BCUT2D eigenvalue weighted by molar-refractivity contribution is -0.126. The van der Waals surface area contributed by atoms with Crippen LogP contribution in [0.5, 0.6) is 0 Å². The van der Waals surface area contributed by atoms with Crippen LogP contribution in [0.4, 0.5) is 0 Å². The second-order valence-electron chi connectivity index (χ2n) is 6.20. The van der Waals surface area contributed by atoms with Crippen molar-refractivity contribution in [2.75, 3.05) is 13.1 Å². The average molecular weight is 326 g/mol. The number of imidazole rings is 1. The maximum absolute atomic E-state index is 12.6. The molecule has 2 aliphatic rings. The van der Waals surface area contributed by atoms with Gasteiger partial charge in [0, 0.05) is 38.3 Å². The fraction of sp³-hybridized carbons (Fsp3) is 0.714. The van der Waals surface area contributed by atoms with Gasteiger partial charge in [0.1, 0.15) is 5.82 Å². The third kappa shape index (κ3) is 3.03. The molecule has 0 radical (unpaired) electrons. The summed E-state index contributed by atoms with van der Waals surface area (Å²) in [5.41, 5.74) is 0. The molecule has 122 valence electrons. The van der Waals surface area contributed by atoms with Gasteiger partial charge in [-0.05, 0) is 32.6 Å². The van der Waals surface area contributed by atoms with Gasteiger partial charge in [0.15, 0.2) is 5.03 Å². The fourth-order valence-electron chi connectivity index (χ4n) is 2.69. The van der Waals surface area contributed by atoms with Gasteiger partial charge in [-0.2, -0.15) is 4.31 Å². The fourth-order valence-corrected chi connectivity index (χ4v) is 4.18. The first-order valence-electron chi connectivity index (χ1n) is 7.68. The number of rotatable bonds is 4. The molecule has 1 N–H and O–H groups in total. The first-order valence-corrected chi connectivity index (χ1v) is 9.12. The van der Waals surface area contributed by atoms with Crippen LogP contribution in [0.3, 0.4) is 0 Å². The zero-order chi connectivity index (χ0) is 15.9. The van der Waals surface area contributed by atoms with E-state index < -0.39 is 10.0 Å². The maximum atomic E-state index is 12.6. The second-order valence-corrected chi connectivity index (χ2v) is 8.08. The topological polar surface area (TPSA) is 84.3 Å². The number of aromatic nitrogens is 2. The van der Waals surface area contributed by atoms with Gasteiger partial charge in [0.25, 0.3) is 10.0 Å². The van der Waals surface area contributed by atoms with Crippen LogP contribution in [-0.4, -0.2) is 47.3 Å². The lowest BCUT2D eigenvalue weighted by atomic mass is 9.97. The highest BCUT2D eigenvalue weighted by molar-refractivity contribution is 7.89. The zero-order valence-corrected chi connectivity index (χ0v) is 13.8. The van der Waals surface area contributed by atoms with Crippen molar-refractivity contribution in [3.63, 3.8) is 0 Å². The number of hydrogen-bond donors (Lipinski definition) is 1. The summed E-state index contributed by atoms with van der Waals surface area (Å²) in [6.45, 7) is 2.52. The van der Waals surface area contributed by atoms with Crippen LogP contribution in [0, 0.1) is 12.8 Å². The van der Waals surface area contributed by atoms with Crippen LogP contribution in [0.1, 0.15) is 31.5 Å². The number of nitrogens with zero attached hydrogens (tertiary/aromatic N) is 3. The zero-order valence-electron chi connectivity index (χ0n) is 12.9. The predicted molar refractivity (Wildman–Crippen MR) is 80.6 cm³/mol. The molecule has 22 heavy (non-hydrogen) atoms. The number of carbonyl (C=O) groups excluding carboxylic acids is 1. The smallest absolute Gasteiger partial charge is 0.262 e. The van der Waals surface area contributed by atoms with E-state index in [9.17, 15) is 13.2 Å². The normalized spacial score (nSPS) is 21.0. The van der Waals surface area contributed by atoms with Crippen molar-refractivity contribution >= 4 is 15.9 Å². The van der Waals surface area contributed by atoms with E-state index in [1.807, 2.05) is 0 Å². The molecule has 0 atom stereocenters. The minimum atomic E-state index is -3.55. The molecule has 1 aliphatic heterocycles. The Hall–Kier alpha value is -1.41. The molecule has 2 fully saturated rings. The molecular weight excluding hydrogens is 304 g/mol. The third-order valence-electron chi connectivity index (χ3n) is 4.44. The van der Waals surface area contributed by atoms with Crippen molar-refractivity contribution < 1.29 is 13.2 Å². The van der Waals surface area contributed by atoms with E-state index in [4.69, 9.17) is 0 Å². The molecule has 1 aromatic heterocycles. The molecule has 0 aromatic carbocycles. The van der Waals surface area contributed by atoms with Crippen molar-refractivity contribution in [3.05, 3.63) is 12.0 Å². The van der Waals surface area contributed by atoms with Crippen molar-refractivity contribution in [2.45, 2.75) is 43.7 Å². The minimum Gasteiger partial charge on any atom is -0.353 e. The molecule has 3 rings (SSSR count). The molecule has 8 heteroatoms. The van der Waals surface area contributed by atoms with Crippen molar-refractivity contribution in [3.8, 4) is 0 Å². The monoisotopic (exact) mass is 326 g/mol. The molecule has 1 aromatic rings. The Morgan fingerprint density at radius 2 is 1.91 bits per heavy atom. The summed E-state index contributed by atoms with van der Waals surface area (Å²) < 4.78 is 28.3. The third-order valence-corrected chi connectivity index (χ3v) is 6.21. The quantitative estimate of drug-likeness (QED) is 0.868. The van der Waals surface area contributed by atoms with Crippen LogP contribution < -0.4 is 5.32 Å². The SMILES string of the molecule is Cc1nc(S(=O)(=O)N2CCC(C(=O)NC3CC3)CC2)cn1C. The molecule has 2 heterocycles. The van der Waals surface area contributed by atoms with E-state index in [0.717, 1.165) is 12.8 Å². The molecule has 0 spiro atoms. The van der Waals surface area contributed by atoms with Gasteiger partial charge in [0.2, 0.25) is 5.91 Å². The molecule has 7 nitrogen and oxygen atoms in total. The molecule has 1 saturated carbocycles. The second kappa shape index (κ2) is 5.66. The van der Waals surface area contributed by atoms with E-state index in [0.29, 0.717) is 37.8 Å². The molecule has 0 bridgehead atoms. The predicted octanol–water partition coefficient (Wildman–Crippen LogP) is 0.408. The van der Waals surface area contributed by atoms with Crippen LogP contribution in [0.25, 0.3) is 0 Å². The van der Waals surface area contributed by atoms with Crippen LogP contribution in [0.2, 0.25) is 0 Å². The number of amides is 1. The van der Waals surface area contributed by atoms with Gasteiger partial charge in [0.05, 0.1) is 0 Å². The lowest BCUT2D eigenvalue weighted by Gasteiger charge is -2.29. The summed E-state index contributed by atoms with van der Waals surface area (Å²) in [7, 11) is -1.78. The summed E-state index contributed by atoms with van der Waals surface area (Å²) in [5.74, 6) is 0.669. The van der Waals surface area contributed by atoms with Gasteiger partial charge < -0.3 is 9.88 Å². The highest BCUT2D eigenvalue weighted by Gasteiger charge is 2.35. The number of sulfonamides is 1. The van der Waals surface area contributed by atoms with E-state index in [2.05, 4.69) is 10.3 Å². The number of carbonyl (C=O) groups is 1. The maximum Gasteiger partial charge on any atom is 0.262 e. The van der Waals surface area contributed by atoms with Gasteiger partial charge in [-0.15, -0.1) is 0 Å². The van der Waals surface area contributed by atoms with Gasteiger partial charge in [-0.1, -0.05) is 0 Å². The van der Waals surface area contributed by atoms with Gasteiger partial charge in [-0.3, -0.25) is 4.79 Å². The molecule has 1 aliphatic carbocycles. The summed E-state index contributed by atoms with van der Waals surface area (Å²) in [4.78, 5) is 16.1. The number of piperidine rings is 1. The largest absolute Gasteiger partial charge is 0.353 e. The van der Waals surface area contributed by atoms with Crippen LogP contribution >= 0.6 is 0 Å². The Kier molecular flexibility index (Phi) is 3.98. The first kappa shape index (κ1) is 15.5. The summed E-state index contributed by atoms with van der Waals surface area (Å²) in [5, 5.41) is 3.09. The Morgan fingerprint density at radius 1 is 1.27 bits per heavy atom. The van der Waals surface area contributed by atoms with E-state index >= 15 is 0 Å². The summed E-state index contributed by atoms with van der Waals surface area (Å²) >= 11 is 0. The Morgan fingerprint density at radius 3 is 2.41 bits per heavy atom. The summed E-state index contributed by atoms with van der Waals surface area (Å²) in [6.07, 6.45) is 4.82. The number of nitrogens with one attached hydrogen (secondary N) is 1. The van der Waals surface area contributed by atoms with E-state index in [-0.39, 0.29) is 16.9 Å². The van der Waals surface area contributed by atoms with E-state index in [1.54, 1.807) is 18.5 Å². The molecule has 1 saturated heterocycles. The highest BCUT2D eigenvalue weighted by atomic mass is 32.2. The standard InChI is InChI=1S/C14H22N4O3S/c1-10-15-13(9-17(10)2)22(20,21)18-7-5-11(6-8-18)14(19)16-12-3-4-12/h9,11-12H,3-8H2,1-2H3,(H,16,19). The molecule has 1 amide bonds. The molecule has 0 unspecified atom stereocenters. The molecular formula is C14H22N4O3S. The Balaban J connectivity index is 1.63. The number of aryl methyl sites for hydroxylation is 2. The van der Waals surface area contributed by atoms with E-state index in [1.165, 1.54) is 10.5 Å². The van der Waals surface area contributed by atoms with Gasteiger partial charge in [-0.25, -0.2) is 13.4 Å². The highest BCUT2D eigenvalue weighted by Crippen LogP contribution is 2.25. The van der Waals surface area contributed by atoms with Crippen molar-refractivity contribution in [1.29, 1.82) is 0 Å². The van der Waals surface area contributed by atoms with Crippen LogP contribution in [-0.2, 0) is 21.9 Å². The summed E-state index contributed by atoms with van der Waals surface area (Å²) in [6, 6.07) is 0.353.